The number of hydrogen-bond donors (Lipinski definition) is 3. The number of aromatic nitrogens is 6. The van der Waals surface area contributed by atoms with E-state index >= 15 is 0 Å². The summed E-state index contributed by atoms with van der Waals surface area (Å²) in [6.45, 7) is 4.56. The molecule has 7 aromatic rings. The Morgan fingerprint density at radius 1 is 0.698 bits per heavy atom. The first-order valence-corrected chi connectivity index (χ1v) is 18.4. The molecule has 53 heavy (non-hydrogen) atoms. The highest BCUT2D eigenvalue weighted by Crippen LogP contribution is 2.32. The third-order valence-electron chi connectivity index (χ3n) is 8.21. The summed E-state index contributed by atoms with van der Waals surface area (Å²) < 4.78 is 2.08. The highest BCUT2D eigenvalue weighted by Gasteiger charge is 2.24. The van der Waals surface area contributed by atoms with Crippen molar-refractivity contribution in [1.29, 1.82) is 10.5 Å². The normalized spacial score (nSPS) is 12.5. The Labute approximate surface area is 313 Å². The van der Waals surface area contributed by atoms with Gasteiger partial charge < -0.3 is 15.7 Å². The van der Waals surface area contributed by atoms with E-state index in [2.05, 4.69) is 52.7 Å². The number of nitriles is 2. The minimum atomic E-state index is -0.863. The molecule has 0 aliphatic carbocycles. The minimum absolute atomic E-state index is 0.0206. The first-order valence-electron chi connectivity index (χ1n) is 16.7. The number of benzene rings is 3. The molecule has 7 rings (SSSR count). The predicted octanol–water partition coefficient (Wildman–Crippen LogP) is 7.86. The van der Waals surface area contributed by atoms with Crippen molar-refractivity contribution in [3.05, 3.63) is 130 Å². The molecular formula is C39H34N10O2S2. The molecular weight excluding hydrogens is 705 g/mol. The summed E-state index contributed by atoms with van der Waals surface area (Å²) in [5, 5.41) is 36.3. The molecule has 0 aliphatic heterocycles. The van der Waals surface area contributed by atoms with Gasteiger partial charge >= 0.3 is 5.97 Å². The van der Waals surface area contributed by atoms with Crippen LogP contribution in [0.4, 0.5) is 11.9 Å². The molecule has 3 atom stereocenters. The number of carboxylic acid groups (broad SMARTS) is 1. The molecule has 0 aliphatic rings. The van der Waals surface area contributed by atoms with Crippen LogP contribution in [-0.2, 0) is 11.3 Å². The van der Waals surface area contributed by atoms with Crippen molar-refractivity contribution in [2.24, 2.45) is 11.8 Å². The number of fused-ring (bicyclic) bond motifs is 2. The van der Waals surface area contributed by atoms with E-state index in [1.54, 1.807) is 24.5 Å². The van der Waals surface area contributed by atoms with Crippen LogP contribution in [-0.4, -0.2) is 47.5 Å². The van der Waals surface area contributed by atoms with Gasteiger partial charge in [0, 0.05) is 25.5 Å². The fourth-order valence-electron chi connectivity index (χ4n) is 5.35. The van der Waals surface area contributed by atoms with Crippen molar-refractivity contribution in [3.8, 4) is 12.1 Å². The van der Waals surface area contributed by atoms with Crippen molar-refractivity contribution in [1.82, 2.24) is 29.9 Å². The highest BCUT2D eigenvalue weighted by atomic mass is 32.1. The SMILES string of the molecule is CC(C)C(CNc1nccc(C(C#N)c2nc3ccccc3s2)n1)C(=O)O.N#CC(c1ccnc(NCc2ccccc2)n1)c1nc2ccccc2s1. The molecule has 3 aromatic carbocycles. The molecule has 4 heterocycles. The van der Waals surface area contributed by atoms with Crippen molar-refractivity contribution >= 4 is 61.0 Å². The number of para-hydroxylation sites is 2. The Kier molecular flexibility index (Phi) is 11.9. The first-order chi connectivity index (χ1) is 25.8. The lowest BCUT2D eigenvalue weighted by atomic mass is 9.96. The summed E-state index contributed by atoms with van der Waals surface area (Å²) >= 11 is 2.99. The lowest BCUT2D eigenvalue weighted by Gasteiger charge is -2.17. The maximum absolute atomic E-state index is 11.3. The molecule has 0 spiro atoms. The Balaban J connectivity index is 0.000000181. The predicted molar refractivity (Wildman–Crippen MR) is 206 cm³/mol. The van der Waals surface area contributed by atoms with Crippen molar-refractivity contribution < 1.29 is 9.90 Å². The molecule has 264 valence electrons. The Hall–Kier alpha value is -6.35. The molecule has 0 saturated carbocycles. The van der Waals surface area contributed by atoms with Crippen molar-refractivity contribution in [2.75, 3.05) is 17.2 Å². The number of nitrogens with zero attached hydrogens (tertiary/aromatic N) is 8. The fraction of sp³-hybridized carbons (Fsp3) is 0.205. The lowest BCUT2D eigenvalue weighted by Crippen LogP contribution is -2.28. The second-order valence-electron chi connectivity index (χ2n) is 12.2. The largest absolute Gasteiger partial charge is 0.481 e. The van der Waals surface area contributed by atoms with Gasteiger partial charge in [0.15, 0.2) is 0 Å². The minimum Gasteiger partial charge on any atom is -0.481 e. The van der Waals surface area contributed by atoms with Gasteiger partial charge in [-0.2, -0.15) is 10.5 Å². The van der Waals surface area contributed by atoms with Crippen LogP contribution < -0.4 is 10.6 Å². The van der Waals surface area contributed by atoms with Crippen LogP contribution in [0.25, 0.3) is 20.4 Å². The van der Waals surface area contributed by atoms with Gasteiger partial charge in [0.2, 0.25) is 11.9 Å². The Morgan fingerprint density at radius 3 is 1.66 bits per heavy atom. The molecule has 0 fully saturated rings. The van der Waals surface area contributed by atoms with Gasteiger partial charge in [-0.15, -0.1) is 22.7 Å². The third-order valence-corrected chi connectivity index (χ3v) is 10.4. The van der Waals surface area contributed by atoms with E-state index < -0.39 is 23.7 Å². The zero-order valence-corrected chi connectivity index (χ0v) is 30.4. The van der Waals surface area contributed by atoms with E-state index in [-0.39, 0.29) is 12.5 Å². The second-order valence-corrected chi connectivity index (χ2v) is 14.3. The molecule has 12 nitrogen and oxygen atoms in total. The van der Waals surface area contributed by atoms with Crippen LogP contribution in [0.3, 0.4) is 0 Å². The van der Waals surface area contributed by atoms with E-state index in [9.17, 15) is 20.4 Å². The smallest absolute Gasteiger partial charge is 0.308 e. The summed E-state index contributed by atoms with van der Waals surface area (Å²) in [4.78, 5) is 37.8. The van der Waals surface area contributed by atoms with Gasteiger partial charge in [-0.3, -0.25) is 4.79 Å². The topological polar surface area (TPSA) is 186 Å². The van der Waals surface area contributed by atoms with Crippen LogP contribution in [0.5, 0.6) is 0 Å². The van der Waals surface area contributed by atoms with Gasteiger partial charge in [0.05, 0.1) is 49.9 Å². The zero-order valence-electron chi connectivity index (χ0n) is 28.8. The molecule has 0 amide bonds. The maximum Gasteiger partial charge on any atom is 0.308 e. The van der Waals surface area contributed by atoms with Crippen LogP contribution in [0.2, 0.25) is 0 Å². The molecule has 0 saturated heterocycles. The number of anilines is 2. The lowest BCUT2D eigenvalue weighted by molar-refractivity contribution is -0.142. The highest BCUT2D eigenvalue weighted by molar-refractivity contribution is 7.19. The molecule has 3 unspecified atom stereocenters. The second kappa shape index (κ2) is 17.2. The van der Waals surface area contributed by atoms with Gasteiger partial charge in [-0.25, -0.2) is 29.9 Å². The summed E-state index contributed by atoms with van der Waals surface area (Å²) in [5.41, 5.74) is 4.09. The monoisotopic (exact) mass is 738 g/mol. The number of thiazole rings is 2. The number of carbonyl (C=O) groups is 1. The van der Waals surface area contributed by atoms with E-state index in [4.69, 9.17) is 0 Å². The maximum atomic E-state index is 11.3. The number of nitrogens with one attached hydrogen (secondary N) is 2. The molecule has 14 heteroatoms. The molecule has 0 bridgehead atoms. The summed E-state index contributed by atoms with van der Waals surface area (Å²) in [6.07, 6.45) is 3.24. The van der Waals surface area contributed by atoms with Gasteiger partial charge in [0.1, 0.15) is 21.9 Å². The van der Waals surface area contributed by atoms with Gasteiger partial charge in [-0.05, 0) is 47.9 Å². The average molecular weight is 739 g/mol. The molecule has 0 radical (unpaired) electrons. The van der Waals surface area contributed by atoms with Crippen LogP contribution in [0.1, 0.15) is 52.6 Å². The van der Waals surface area contributed by atoms with Crippen molar-refractivity contribution in [3.63, 3.8) is 0 Å². The number of rotatable bonds is 12. The van der Waals surface area contributed by atoms with E-state index in [0.717, 1.165) is 31.0 Å². The standard InChI is InChI=1S/C20H15N5S.C19H19N5O2S/c21-12-15(19-24-17-8-4-5-9-18(17)26-19)16-10-11-22-20(25-16)23-13-14-6-2-1-3-7-14;1-11(2)13(18(25)26)10-22-19-21-8-7-14(24-19)12(9-20)17-23-15-5-3-4-6-16(15)27-17/h1-11,15H,13H2,(H,22,23,25);3-8,11-13H,10H2,1-2H3,(H,25,26)(H,21,22,24). The number of hydrogen-bond acceptors (Lipinski definition) is 13. The van der Waals surface area contributed by atoms with Gasteiger partial charge in [-0.1, -0.05) is 68.4 Å². The van der Waals surface area contributed by atoms with Gasteiger partial charge in [0.25, 0.3) is 0 Å². The average Bonchev–Trinajstić information content (AvgIpc) is 3.80. The van der Waals surface area contributed by atoms with Crippen LogP contribution in [0.15, 0.2) is 103 Å². The molecule has 4 aromatic heterocycles. The van der Waals surface area contributed by atoms with E-state index in [1.165, 1.54) is 22.7 Å². The summed E-state index contributed by atoms with van der Waals surface area (Å²) in [5.74, 6) is -1.73. The quantitative estimate of drug-likeness (QED) is 0.110. The van der Waals surface area contributed by atoms with E-state index in [1.807, 2.05) is 92.7 Å². The molecule has 3 N–H and O–H groups in total. The van der Waals surface area contributed by atoms with Crippen LogP contribution >= 0.6 is 22.7 Å². The Bertz CT molecular complexity index is 2340. The van der Waals surface area contributed by atoms with Crippen LogP contribution in [0, 0.1) is 34.5 Å². The fourth-order valence-corrected chi connectivity index (χ4v) is 7.40. The number of aliphatic carboxylic acids is 1. The summed E-state index contributed by atoms with van der Waals surface area (Å²) in [7, 11) is 0. The van der Waals surface area contributed by atoms with Crippen molar-refractivity contribution in [2.45, 2.75) is 32.2 Å². The number of carboxylic acids is 1. The third kappa shape index (κ3) is 9.12. The summed E-state index contributed by atoms with van der Waals surface area (Å²) in [6, 6.07) is 33.7. The Morgan fingerprint density at radius 2 is 1.19 bits per heavy atom. The zero-order chi connectivity index (χ0) is 37.2. The van der Waals surface area contributed by atoms with E-state index in [0.29, 0.717) is 34.8 Å². The first kappa shape index (κ1) is 36.4.